The first-order valence-electron chi connectivity index (χ1n) is 6.50. The van der Waals surface area contributed by atoms with Gasteiger partial charge in [0.15, 0.2) is 0 Å². The number of ether oxygens (including phenoxy) is 1. The van der Waals surface area contributed by atoms with Gasteiger partial charge in [-0.05, 0) is 25.7 Å². The summed E-state index contributed by atoms with van der Waals surface area (Å²) in [7, 11) is 5.14. The average molecular weight is 267 g/mol. The van der Waals surface area contributed by atoms with Gasteiger partial charge in [0.25, 0.3) is 0 Å². The van der Waals surface area contributed by atoms with Crippen LogP contribution in [0.1, 0.15) is 25.7 Å². The van der Waals surface area contributed by atoms with Gasteiger partial charge in [-0.1, -0.05) is 0 Å². The number of hydrogen-bond donors (Lipinski definition) is 1. The molecule has 2 heterocycles. The molecule has 2 rings (SSSR count). The van der Waals surface area contributed by atoms with E-state index in [-0.39, 0.29) is 11.9 Å². The number of nitrogens with zero attached hydrogens (tertiary/aromatic N) is 3. The molecule has 19 heavy (non-hydrogen) atoms. The fourth-order valence-corrected chi connectivity index (χ4v) is 2.85. The van der Waals surface area contributed by atoms with E-state index in [0.717, 1.165) is 12.8 Å². The Bertz CT molecular complexity index is 431. The van der Waals surface area contributed by atoms with Crippen LogP contribution in [0, 0.1) is 0 Å². The Hall–Kier alpha value is -1.72. The Balaban J connectivity index is 2.30. The number of carbonyl (C=O) groups excluding carboxylic acids is 1. The fourth-order valence-electron chi connectivity index (χ4n) is 2.85. The lowest BCUT2D eigenvalue weighted by molar-refractivity contribution is -0.154. The first-order valence-corrected chi connectivity index (χ1v) is 6.50. The second kappa shape index (κ2) is 5.11. The number of fused-ring (bicyclic) bond motifs is 1. The topological polar surface area (TPSA) is 65.4 Å². The molecule has 1 atom stereocenters. The van der Waals surface area contributed by atoms with Crippen molar-refractivity contribution in [3.63, 3.8) is 0 Å². The molecule has 106 valence electrons. The van der Waals surface area contributed by atoms with Gasteiger partial charge in [0.2, 0.25) is 5.88 Å². The molecule has 0 saturated carbocycles. The number of aliphatic hydroxyl groups excluding tert-OH is 1. The van der Waals surface area contributed by atoms with Gasteiger partial charge in [-0.3, -0.25) is 0 Å². The maximum atomic E-state index is 12.0. The van der Waals surface area contributed by atoms with Crippen LogP contribution in [0.15, 0.2) is 16.6 Å². The van der Waals surface area contributed by atoms with Gasteiger partial charge in [0, 0.05) is 20.6 Å². The molecule has 1 saturated heterocycles. The highest BCUT2D eigenvalue weighted by atomic mass is 16.5. The molecule has 0 spiro atoms. The van der Waals surface area contributed by atoms with Gasteiger partial charge in [-0.2, -0.15) is 0 Å². The van der Waals surface area contributed by atoms with E-state index in [2.05, 4.69) is 4.99 Å². The van der Waals surface area contributed by atoms with Crippen LogP contribution in [0.4, 0.5) is 0 Å². The van der Waals surface area contributed by atoms with Crippen LogP contribution in [0.3, 0.4) is 0 Å². The summed E-state index contributed by atoms with van der Waals surface area (Å²) in [4.78, 5) is 19.9. The van der Waals surface area contributed by atoms with Gasteiger partial charge in [-0.25, -0.2) is 9.79 Å². The Labute approximate surface area is 113 Å². The lowest BCUT2D eigenvalue weighted by atomic mass is 9.87. The maximum Gasteiger partial charge on any atom is 0.331 e. The minimum absolute atomic E-state index is 0.118. The molecule has 0 radical (unpaired) electrons. The van der Waals surface area contributed by atoms with Crippen LogP contribution < -0.4 is 0 Å². The van der Waals surface area contributed by atoms with E-state index in [1.165, 1.54) is 7.11 Å². The van der Waals surface area contributed by atoms with Gasteiger partial charge < -0.3 is 19.6 Å². The lowest BCUT2D eigenvalue weighted by Gasteiger charge is -2.40. The second-order valence-electron chi connectivity index (χ2n) is 5.26. The Morgan fingerprint density at radius 3 is 2.89 bits per heavy atom. The highest BCUT2D eigenvalue weighted by Crippen LogP contribution is 2.42. The average Bonchev–Trinajstić information content (AvgIpc) is 2.82. The Morgan fingerprint density at radius 2 is 2.26 bits per heavy atom. The number of methoxy groups -OCH3 is 1. The van der Waals surface area contributed by atoms with E-state index in [9.17, 15) is 9.90 Å². The summed E-state index contributed by atoms with van der Waals surface area (Å²) in [5.74, 6) is -0.139. The molecule has 0 aromatic heterocycles. The van der Waals surface area contributed by atoms with E-state index in [1.54, 1.807) is 11.2 Å². The second-order valence-corrected chi connectivity index (χ2v) is 5.26. The van der Waals surface area contributed by atoms with E-state index < -0.39 is 5.54 Å². The summed E-state index contributed by atoms with van der Waals surface area (Å²) < 4.78 is 4.92. The van der Waals surface area contributed by atoms with Gasteiger partial charge >= 0.3 is 5.97 Å². The van der Waals surface area contributed by atoms with Crippen molar-refractivity contribution in [3.05, 3.63) is 11.6 Å². The zero-order chi connectivity index (χ0) is 14.0. The minimum Gasteiger partial charge on any atom is -0.493 e. The van der Waals surface area contributed by atoms with E-state index in [0.29, 0.717) is 25.1 Å². The van der Waals surface area contributed by atoms with Crippen LogP contribution in [0.2, 0.25) is 0 Å². The summed E-state index contributed by atoms with van der Waals surface area (Å²) in [6, 6.07) is 0. The van der Waals surface area contributed by atoms with Crippen molar-refractivity contribution in [1.29, 1.82) is 0 Å². The third kappa shape index (κ3) is 2.27. The first kappa shape index (κ1) is 13.7. The molecule has 0 bridgehead atoms. The van der Waals surface area contributed by atoms with Crippen LogP contribution in [-0.4, -0.2) is 60.5 Å². The highest BCUT2D eigenvalue weighted by Gasteiger charge is 2.52. The molecule has 0 aromatic carbocycles. The first-order chi connectivity index (χ1) is 9.01. The predicted octanol–water partition coefficient (Wildman–Crippen LogP) is 1.10. The largest absolute Gasteiger partial charge is 0.493 e. The number of aliphatic hydroxyl groups is 1. The molecular weight excluding hydrogens is 246 g/mol. The summed E-state index contributed by atoms with van der Waals surface area (Å²) in [6.45, 7) is 0.669. The molecule has 2 aliphatic heterocycles. The van der Waals surface area contributed by atoms with Crippen molar-refractivity contribution in [2.45, 2.75) is 31.2 Å². The van der Waals surface area contributed by atoms with Crippen molar-refractivity contribution in [1.82, 2.24) is 9.80 Å². The summed E-state index contributed by atoms with van der Waals surface area (Å²) in [6.07, 6.45) is 4.50. The van der Waals surface area contributed by atoms with Crippen molar-refractivity contribution in [2.24, 2.45) is 4.99 Å². The third-order valence-corrected chi connectivity index (χ3v) is 3.79. The van der Waals surface area contributed by atoms with E-state index >= 15 is 0 Å². The number of aliphatic imine (C=N–C) groups is 1. The Kier molecular flexibility index (Phi) is 3.68. The quantitative estimate of drug-likeness (QED) is 0.471. The van der Waals surface area contributed by atoms with E-state index in [4.69, 9.17) is 4.74 Å². The van der Waals surface area contributed by atoms with Crippen LogP contribution in [0.25, 0.3) is 0 Å². The van der Waals surface area contributed by atoms with Crippen molar-refractivity contribution in [2.75, 3.05) is 27.7 Å². The number of allylic oxidation sites excluding steroid dienone is 1. The Morgan fingerprint density at radius 1 is 1.53 bits per heavy atom. The monoisotopic (exact) mass is 267 g/mol. The number of carbonyl (C=O) groups is 1. The third-order valence-electron chi connectivity index (χ3n) is 3.79. The SMILES string of the molecule is COC(=O)[C@]12CCCN1C(O)=C(N=CN(C)C)CC2. The fraction of sp³-hybridized carbons (Fsp3) is 0.692. The van der Waals surface area contributed by atoms with Gasteiger partial charge in [0.05, 0.1) is 13.4 Å². The predicted molar refractivity (Wildman–Crippen MR) is 71.8 cm³/mol. The summed E-state index contributed by atoms with van der Waals surface area (Å²) >= 11 is 0. The molecule has 1 fully saturated rings. The van der Waals surface area contributed by atoms with Crippen molar-refractivity contribution >= 4 is 12.3 Å². The van der Waals surface area contributed by atoms with Crippen LogP contribution >= 0.6 is 0 Å². The molecule has 1 N–H and O–H groups in total. The van der Waals surface area contributed by atoms with Gasteiger partial charge in [0.1, 0.15) is 11.2 Å². The molecular formula is C13H21N3O3. The lowest BCUT2D eigenvalue weighted by Crippen LogP contribution is -2.52. The van der Waals surface area contributed by atoms with Crippen molar-refractivity contribution in [3.8, 4) is 0 Å². The molecule has 6 nitrogen and oxygen atoms in total. The molecule has 6 heteroatoms. The van der Waals surface area contributed by atoms with Crippen molar-refractivity contribution < 1.29 is 14.6 Å². The highest BCUT2D eigenvalue weighted by molar-refractivity contribution is 5.82. The molecule has 0 aromatic rings. The zero-order valence-electron chi connectivity index (χ0n) is 11.7. The van der Waals surface area contributed by atoms with Crippen LogP contribution in [0.5, 0.6) is 0 Å². The molecule has 0 unspecified atom stereocenters. The molecule has 0 amide bonds. The minimum atomic E-state index is -0.685. The summed E-state index contributed by atoms with van der Waals surface area (Å²) in [5.41, 5.74) is -0.0502. The molecule has 0 aliphatic carbocycles. The number of hydrogen-bond acceptors (Lipinski definition) is 5. The number of rotatable bonds is 3. The normalized spacial score (nSPS) is 26.8. The van der Waals surface area contributed by atoms with Gasteiger partial charge in [-0.15, -0.1) is 0 Å². The van der Waals surface area contributed by atoms with E-state index in [1.807, 2.05) is 19.0 Å². The number of esters is 1. The smallest absolute Gasteiger partial charge is 0.331 e. The van der Waals surface area contributed by atoms with Crippen LogP contribution in [-0.2, 0) is 9.53 Å². The molecule has 2 aliphatic rings. The maximum absolute atomic E-state index is 12.0. The summed E-state index contributed by atoms with van der Waals surface area (Å²) in [5, 5.41) is 10.3. The zero-order valence-corrected chi connectivity index (χ0v) is 11.7. The standard InChI is InChI=1S/C13H21N3O3/c1-15(2)9-14-10-5-7-13(12(18)19-3)6-4-8-16(13)11(10)17/h9,17H,4-8H2,1-3H3/t13-/m1/s1.